The van der Waals surface area contributed by atoms with Crippen molar-refractivity contribution < 1.29 is 14.6 Å². The third-order valence-corrected chi connectivity index (χ3v) is 5.42. The maximum absolute atomic E-state index is 12.9. The standard InChI is InChI=1S/C27H25N3O4/c1-3-9-19-14-18(15-24(26(19)32)34-4-2)16-28-29-25(31)17-30-22-12-7-5-10-20(22)27(33)21-11-6-8-13-23(21)30/h3,5-8,10-16,32H,1,4,9,17H2,2H3,(H,29,31)/b28-16-. The van der Waals surface area contributed by atoms with Crippen LogP contribution in [0, 0.1) is 0 Å². The Bertz CT molecular complexity index is 1410. The van der Waals surface area contributed by atoms with Gasteiger partial charge in [-0.3, -0.25) is 9.59 Å². The first-order valence-corrected chi connectivity index (χ1v) is 10.9. The van der Waals surface area contributed by atoms with Gasteiger partial charge >= 0.3 is 0 Å². The van der Waals surface area contributed by atoms with Gasteiger partial charge in [-0.2, -0.15) is 5.10 Å². The van der Waals surface area contributed by atoms with E-state index in [0.717, 1.165) is 0 Å². The molecule has 7 nitrogen and oxygen atoms in total. The number of aromatic nitrogens is 1. The highest BCUT2D eigenvalue weighted by Gasteiger charge is 2.13. The lowest BCUT2D eigenvalue weighted by atomic mass is 10.1. The number of hydrazone groups is 1. The van der Waals surface area contributed by atoms with Crippen molar-refractivity contribution in [2.45, 2.75) is 19.9 Å². The molecule has 4 aromatic rings. The van der Waals surface area contributed by atoms with E-state index in [4.69, 9.17) is 4.74 Å². The Morgan fingerprint density at radius 3 is 2.38 bits per heavy atom. The maximum atomic E-state index is 12.9. The summed E-state index contributed by atoms with van der Waals surface area (Å²) in [5.41, 5.74) is 5.16. The summed E-state index contributed by atoms with van der Waals surface area (Å²) in [7, 11) is 0. The van der Waals surface area contributed by atoms with Crippen LogP contribution < -0.4 is 15.6 Å². The van der Waals surface area contributed by atoms with Crippen molar-refractivity contribution in [3.05, 3.63) is 94.7 Å². The van der Waals surface area contributed by atoms with Crippen molar-refractivity contribution in [1.82, 2.24) is 9.99 Å². The fourth-order valence-electron chi connectivity index (χ4n) is 3.95. The van der Waals surface area contributed by atoms with E-state index in [1.54, 1.807) is 30.3 Å². The van der Waals surface area contributed by atoms with Gasteiger partial charge in [-0.25, -0.2) is 5.43 Å². The number of fused-ring (bicyclic) bond motifs is 2. The lowest BCUT2D eigenvalue weighted by Gasteiger charge is -2.14. The van der Waals surface area contributed by atoms with Gasteiger partial charge in [0.05, 0.1) is 23.9 Å². The quantitative estimate of drug-likeness (QED) is 0.181. The van der Waals surface area contributed by atoms with Crippen LogP contribution in [0.25, 0.3) is 21.8 Å². The first-order valence-electron chi connectivity index (χ1n) is 10.9. The van der Waals surface area contributed by atoms with Crippen LogP contribution in [0.4, 0.5) is 0 Å². The largest absolute Gasteiger partial charge is 0.504 e. The summed E-state index contributed by atoms with van der Waals surface area (Å²) in [6.45, 7) is 5.93. The minimum Gasteiger partial charge on any atom is -0.504 e. The fraction of sp³-hybridized carbons (Fsp3) is 0.148. The molecule has 0 spiro atoms. The third kappa shape index (κ3) is 4.54. The smallest absolute Gasteiger partial charge is 0.260 e. The number of rotatable bonds is 8. The molecule has 34 heavy (non-hydrogen) atoms. The number of phenols is 1. The average molecular weight is 456 g/mol. The van der Waals surface area contributed by atoms with Crippen molar-refractivity contribution in [2.24, 2.45) is 5.10 Å². The van der Waals surface area contributed by atoms with Gasteiger partial charge in [0.1, 0.15) is 6.54 Å². The van der Waals surface area contributed by atoms with Gasteiger partial charge in [0, 0.05) is 16.3 Å². The molecule has 4 rings (SSSR count). The molecule has 3 aromatic carbocycles. The number of nitrogens with one attached hydrogen (secondary N) is 1. The molecule has 1 amide bonds. The second kappa shape index (κ2) is 10.0. The number of para-hydroxylation sites is 2. The summed E-state index contributed by atoms with van der Waals surface area (Å²) in [5, 5.41) is 15.5. The summed E-state index contributed by atoms with van der Waals surface area (Å²) in [6.07, 6.45) is 3.65. The molecule has 0 atom stereocenters. The molecule has 2 N–H and O–H groups in total. The molecule has 0 unspecified atom stereocenters. The van der Waals surface area contributed by atoms with Crippen LogP contribution in [-0.2, 0) is 17.8 Å². The number of hydrogen-bond donors (Lipinski definition) is 2. The van der Waals surface area contributed by atoms with Gasteiger partial charge in [-0.1, -0.05) is 30.3 Å². The molecular formula is C27H25N3O4. The zero-order valence-electron chi connectivity index (χ0n) is 18.8. The van der Waals surface area contributed by atoms with Crippen LogP contribution in [0.1, 0.15) is 18.1 Å². The van der Waals surface area contributed by atoms with E-state index in [2.05, 4.69) is 17.1 Å². The van der Waals surface area contributed by atoms with Crippen LogP contribution in [-0.4, -0.2) is 28.4 Å². The highest BCUT2D eigenvalue weighted by Crippen LogP contribution is 2.32. The van der Waals surface area contributed by atoms with Gasteiger partial charge in [0.15, 0.2) is 16.9 Å². The summed E-state index contributed by atoms with van der Waals surface area (Å²) in [6, 6.07) is 17.9. The number of pyridine rings is 1. The van der Waals surface area contributed by atoms with Gasteiger partial charge < -0.3 is 14.4 Å². The van der Waals surface area contributed by atoms with Gasteiger partial charge in [-0.05, 0) is 55.3 Å². The van der Waals surface area contributed by atoms with E-state index in [-0.39, 0.29) is 23.6 Å². The van der Waals surface area contributed by atoms with Crippen molar-refractivity contribution >= 4 is 33.9 Å². The number of hydrogen-bond acceptors (Lipinski definition) is 5. The molecular weight excluding hydrogens is 430 g/mol. The molecule has 0 saturated carbocycles. The van der Waals surface area contributed by atoms with Gasteiger partial charge in [-0.15, -0.1) is 6.58 Å². The first-order chi connectivity index (χ1) is 16.5. The van der Waals surface area contributed by atoms with Crippen LogP contribution in [0.5, 0.6) is 11.5 Å². The van der Waals surface area contributed by atoms with Crippen LogP contribution in [0.3, 0.4) is 0 Å². The molecule has 0 aliphatic heterocycles. The van der Waals surface area contributed by atoms with Gasteiger partial charge in [0.2, 0.25) is 0 Å². The van der Waals surface area contributed by atoms with Gasteiger partial charge in [0.25, 0.3) is 5.91 Å². The Morgan fingerprint density at radius 1 is 1.12 bits per heavy atom. The second-order valence-corrected chi connectivity index (χ2v) is 7.70. The summed E-state index contributed by atoms with van der Waals surface area (Å²) in [4.78, 5) is 25.6. The Hall–Kier alpha value is -4.39. The molecule has 1 heterocycles. The Morgan fingerprint density at radius 2 is 1.76 bits per heavy atom. The number of carbonyl (C=O) groups is 1. The Balaban J connectivity index is 1.60. The number of benzene rings is 3. The van der Waals surface area contributed by atoms with Crippen molar-refractivity contribution in [3.8, 4) is 11.5 Å². The highest BCUT2D eigenvalue weighted by molar-refractivity contribution is 5.95. The predicted molar refractivity (Wildman–Crippen MR) is 135 cm³/mol. The van der Waals surface area contributed by atoms with E-state index in [0.29, 0.717) is 51.7 Å². The zero-order chi connectivity index (χ0) is 24.1. The predicted octanol–water partition coefficient (Wildman–Crippen LogP) is 4.14. The molecule has 172 valence electrons. The van der Waals surface area contributed by atoms with Crippen molar-refractivity contribution in [1.29, 1.82) is 0 Å². The Labute approximate surface area is 196 Å². The van der Waals surface area contributed by atoms with E-state index < -0.39 is 0 Å². The molecule has 1 aromatic heterocycles. The second-order valence-electron chi connectivity index (χ2n) is 7.70. The number of nitrogens with zero attached hydrogens (tertiary/aromatic N) is 2. The van der Waals surface area contributed by atoms with E-state index in [9.17, 15) is 14.7 Å². The summed E-state index contributed by atoms with van der Waals surface area (Å²) >= 11 is 0. The molecule has 0 aliphatic carbocycles. The molecule has 0 bridgehead atoms. The van der Waals surface area contributed by atoms with E-state index >= 15 is 0 Å². The summed E-state index contributed by atoms with van der Waals surface area (Å²) in [5.74, 6) is 0.0751. The number of ether oxygens (including phenoxy) is 1. The fourth-order valence-corrected chi connectivity index (χ4v) is 3.95. The SMILES string of the molecule is C=CCc1cc(/C=N\NC(=O)Cn2c3ccccc3c(=O)c3ccccc32)cc(OCC)c1O. The molecule has 0 radical (unpaired) electrons. The molecule has 0 aliphatic rings. The molecule has 0 saturated heterocycles. The van der Waals surface area contributed by atoms with Crippen LogP contribution >= 0.6 is 0 Å². The first kappa shape index (κ1) is 22.8. The van der Waals surface area contributed by atoms with E-state index in [1.807, 2.05) is 47.9 Å². The average Bonchev–Trinajstić information content (AvgIpc) is 2.85. The lowest BCUT2D eigenvalue weighted by Crippen LogP contribution is -2.25. The molecule has 0 fully saturated rings. The zero-order valence-corrected chi connectivity index (χ0v) is 18.8. The lowest BCUT2D eigenvalue weighted by molar-refractivity contribution is -0.121. The number of allylic oxidation sites excluding steroid dienone is 1. The minimum atomic E-state index is -0.342. The molecule has 7 heteroatoms. The number of carbonyl (C=O) groups excluding carboxylic acids is 1. The number of phenolic OH excluding ortho intramolecular Hbond substituents is 1. The normalized spacial score (nSPS) is 11.2. The Kier molecular flexibility index (Phi) is 6.73. The summed E-state index contributed by atoms with van der Waals surface area (Å²) < 4.78 is 7.31. The topological polar surface area (TPSA) is 92.9 Å². The minimum absolute atomic E-state index is 0.0138. The maximum Gasteiger partial charge on any atom is 0.260 e. The van der Waals surface area contributed by atoms with Crippen molar-refractivity contribution in [2.75, 3.05) is 6.61 Å². The third-order valence-electron chi connectivity index (χ3n) is 5.42. The number of amides is 1. The monoisotopic (exact) mass is 455 g/mol. The van der Waals surface area contributed by atoms with Crippen LogP contribution in [0.15, 0.2) is 83.2 Å². The van der Waals surface area contributed by atoms with Crippen molar-refractivity contribution in [3.63, 3.8) is 0 Å². The van der Waals surface area contributed by atoms with E-state index in [1.165, 1.54) is 6.21 Å². The highest BCUT2D eigenvalue weighted by atomic mass is 16.5. The van der Waals surface area contributed by atoms with Crippen LogP contribution in [0.2, 0.25) is 0 Å². The number of aromatic hydroxyl groups is 1.